The van der Waals surface area contributed by atoms with Gasteiger partial charge in [-0.15, -0.1) is 0 Å². The highest BCUT2D eigenvalue weighted by Gasteiger charge is 2.44. The lowest BCUT2D eigenvalue weighted by Crippen LogP contribution is -2.47. The van der Waals surface area contributed by atoms with Crippen LogP contribution in [0, 0.1) is 22.7 Å². The number of hydrogen-bond donors (Lipinski definition) is 1. The lowest BCUT2D eigenvalue weighted by atomic mass is 9.60. The fraction of sp³-hybridized carbons (Fsp3) is 0.720. The summed E-state index contributed by atoms with van der Waals surface area (Å²) in [6.07, 6.45) is 4.71. The number of piperazine rings is 1. The van der Waals surface area contributed by atoms with Gasteiger partial charge in [0.05, 0.1) is 5.92 Å². The van der Waals surface area contributed by atoms with E-state index in [-0.39, 0.29) is 5.92 Å². The molecule has 0 radical (unpaired) electrons. The molecule has 0 amide bonds. The summed E-state index contributed by atoms with van der Waals surface area (Å²) in [7, 11) is 0. The Labute approximate surface area is 176 Å². The Morgan fingerprint density at radius 2 is 1.66 bits per heavy atom. The molecule has 2 aliphatic carbocycles. The van der Waals surface area contributed by atoms with Crippen molar-refractivity contribution in [1.82, 2.24) is 4.90 Å². The molecule has 0 spiro atoms. The monoisotopic (exact) mass is 398 g/mol. The van der Waals surface area contributed by atoms with Gasteiger partial charge in [-0.2, -0.15) is 0 Å². The van der Waals surface area contributed by atoms with Crippen molar-refractivity contribution in [3.63, 3.8) is 0 Å². The zero-order chi connectivity index (χ0) is 20.8. The molecule has 0 unspecified atom stereocenters. The topological polar surface area (TPSA) is 43.8 Å². The molecular weight excluding hydrogens is 360 g/mol. The molecule has 1 saturated heterocycles. The number of para-hydroxylation sites is 1. The van der Waals surface area contributed by atoms with E-state index in [1.807, 2.05) is 0 Å². The van der Waals surface area contributed by atoms with Crippen molar-refractivity contribution in [1.29, 1.82) is 0 Å². The van der Waals surface area contributed by atoms with Crippen LogP contribution in [0.3, 0.4) is 0 Å². The molecule has 1 N–H and O–H groups in total. The van der Waals surface area contributed by atoms with Crippen molar-refractivity contribution in [2.45, 2.75) is 59.3 Å². The predicted octanol–water partition coefficient (Wildman–Crippen LogP) is 4.85. The van der Waals surface area contributed by atoms with Crippen LogP contribution >= 0.6 is 0 Å². The van der Waals surface area contributed by atoms with Crippen molar-refractivity contribution in [3.05, 3.63) is 29.8 Å². The molecule has 4 heteroatoms. The molecule has 3 aliphatic rings. The first-order valence-electron chi connectivity index (χ1n) is 11.4. The average Bonchev–Trinajstić information content (AvgIpc) is 3.39. The summed E-state index contributed by atoms with van der Waals surface area (Å²) in [5.41, 5.74) is 3.75. The van der Waals surface area contributed by atoms with Gasteiger partial charge in [-0.05, 0) is 60.0 Å². The highest BCUT2D eigenvalue weighted by molar-refractivity contribution is 5.73. The second kappa shape index (κ2) is 7.61. The molecule has 0 aromatic heterocycles. The minimum absolute atomic E-state index is 0.0910. The molecule has 3 fully saturated rings. The lowest BCUT2D eigenvalue weighted by molar-refractivity contribution is -0.138. The molecule has 0 bridgehead atoms. The number of anilines is 1. The number of carboxylic acids is 1. The summed E-state index contributed by atoms with van der Waals surface area (Å²) in [5.74, 6) is 0.302. The van der Waals surface area contributed by atoms with Crippen LogP contribution in [-0.4, -0.2) is 48.7 Å². The Hall–Kier alpha value is -1.55. The smallest absolute Gasteiger partial charge is 0.306 e. The standard InChI is InChI=1S/C25H38N2O2/c1-24(2)14-19(15-25(3,4)17-24)20-7-5-6-8-22(20)27-11-9-26(10-12-27)16-18-13-21(18)23(28)29/h5-8,18-19,21H,9-17H2,1-4H3,(H,28,29)/t18-,21+/m0/s1. The van der Waals surface area contributed by atoms with Crippen LogP contribution < -0.4 is 4.90 Å². The van der Waals surface area contributed by atoms with Crippen LogP contribution in [0.5, 0.6) is 0 Å². The van der Waals surface area contributed by atoms with Crippen LogP contribution in [0.1, 0.15) is 64.9 Å². The Bertz CT molecular complexity index is 733. The van der Waals surface area contributed by atoms with Gasteiger partial charge in [0.15, 0.2) is 0 Å². The van der Waals surface area contributed by atoms with Crippen molar-refractivity contribution in [2.24, 2.45) is 22.7 Å². The Morgan fingerprint density at radius 1 is 1.03 bits per heavy atom. The van der Waals surface area contributed by atoms with Gasteiger partial charge in [-0.1, -0.05) is 45.9 Å². The number of aliphatic carboxylic acids is 1. The number of nitrogens with zero attached hydrogens (tertiary/aromatic N) is 2. The number of hydrogen-bond acceptors (Lipinski definition) is 3. The molecule has 160 valence electrons. The summed E-state index contributed by atoms with van der Waals surface area (Å²) in [4.78, 5) is 16.1. The summed E-state index contributed by atoms with van der Waals surface area (Å²) in [6, 6.07) is 9.08. The summed E-state index contributed by atoms with van der Waals surface area (Å²) < 4.78 is 0. The maximum Gasteiger partial charge on any atom is 0.306 e. The SMILES string of the molecule is CC1(C)CC(c2ccccc2N2CCN(C[C@@H]3C[C@H]3C(=O)O)CC2)CC(C)(C)C1. The van der Waals surface area contributed by atoms with Gasteiger partial charge in [0.2, 0.25) is 0 Å². The summed E-state index contributed by atoms with van der Waals surface area (Å²) >= 11 is 0. The molecule has 1 aromatic rings. The molecular formula is C25H38N2O2. The van der Waals surface area contributed by atoms with E-state index in [1.165, 1.54) is 30.5 Å². The zero-order valence-electron chi connectivity index (χ0n) is 18.7. The van der Waals surface area contributed by atoms with E-state index in [4.69, 9.17) is 5.11 Å². The maximum absolute atomic E-state index is 11.1. The minimum Gasteiger partial charge on any atom is -0.481 e. The quantitative estimate of drug-likeness (QED) is 0.770. The summed E-state index contributed by atoms with van der Waals surface area (Å²) in [6.45, 7) is 14.9. The summed E-state index contributed by atoms with van der Waals surface area (Å²) in [5, 5.41) is 9.15. The zero-order valence-corrected chi connectivity index (χ0v) is 18.7. The highest BCUT2D eigenvalue weighted by atomic mass is 16.4. The average molecular weight is 399 g/mol. The molecule has 2 saturated carbocycles. The molecule has 1 aliphatic heterocycles. The van der Waals surface area contributed by atoms with E-state index in [0.717, 1.165) is 39.1 Å². The predicted molar refractivity (Wildman–Crippen MR) is 118 cm³/mol. The van der Waals surface area contributed by atoms with Crippen LogP contribution in [0.25, 0.3) is 0 Å². The normalized spacial score (nSPS) is 29.6. The fourth-order valence-electron chi connectivity index (χ4n) is 6.44. The first-order valence-corrected chi connectivity index (χ1v) is 11.4. The van der Waals surface area contributed by atoms with Gasteiger partial charge >= 0.3 is 5.97 Å². The van der Waals surface area contributed by atoms with E-state index in [9.17, 15) is 4.79 Å². The minimum atomic E-state index is -0.610. The molecule has 1 aromatic carbocycles. The molecule has 2 atom stereocenters. The van der Waals surface area contributed by atoms with Crippen LogP contribution in [0.15, 0.2) is 24.3 Å². The molecule has 29 heavy (non-hydrogen) atoms. The number of benzene rings is 1. The van der Waals surface area contributed by atoms with Gasteiger partial charge < -0.3 is 10.0 Å². The van der Waals surface area contributed by atoms with E-state index in [1.54, 1.807) is 0 Å². The Balaban J connectivity index is 1.42. The Kier molecular flexibility index (Phi) is 5.43. The van der Waals surface area contributed by atoms with Crippen LogP contribution in [0.2, 0.25) is 0 Å². The van der Waals surface area contributed by atoms with Crippen molar-refractivity contribution in [3.8, 4) is 0 Å². The second-order valence-electron chi connectivity index (χ2n) is 11.4. The van der Waals surface area contributed by atoms with E-state index in [2.05, 4.69) is 61.8 Å². The van der Waals surface area contributed by atoms with E-state index >= 15 is 0 Å². The van der Waals surface area contributed by atoms with Gasteiger partial charge in [0, 0.05) is 38.4 Å². The molecule has 4 nitrogen and oxygen atoms in total. The number of carboxylic acid groups (broad SMARTS) is 1. The maximum atomic E-state index is 11.1. The Morgan fingerprint density at radius 3 is 2.24 bits per heavy atom. The third kappa shape index (κ3) is 4.79. The fourth-order valence-corrected chi connectivity index (χ4v) is 6.44. The van der Waals surface area contributed by atoms with Gasteiger partial charge in [0.1, 0.15) is 0 Å². The third-order valence-electron chi connectivity index (χ3n) is 7.38. The lowest BCUT2D eigenvalue weighted by Gasteiger charge is -2.46. The van der Waals surface area contributed by atoms with Crippen molar-refractivity contribution in [2.75, 3.05) is 37.6 Å². The first kappa shape index (κ1) is 20.7. The largest absolute Gasteiger partial charge is 0.481 e. The van der Waals surface area contributed by atoms with Crippen molar-refractivity contribution < 1.29 is 9.90 Å². The molecule has 4 rings (SSSR count). The van der Waals surface area contributed by atoms with E-state index < -0.39 is 5.97 Å². The number of carbonyl (C=O) groups is 1. The van der Waals surface area contributed by atoms with Gasteiger partial charge in [-0.3, -0.25) is 9.69 Å². The van der Waals surface area contributed by atoms with Gasteiger partial charge in [0.25, 0.3) is 0 Å². The highest BCUT2D eigenvalue weighted by Crippen LogP contribution is 2.53. The number of rotatable bonds is 5. The van der Waals surface area contributed by atoms with E-state index in [0.29, 0.717) is 22.7 Å². The first-order chi connectivity index (χ1) is 13.6. The van der Waals surface area contributed by atoms with Crippen molar-refractivity contribution >= 4 is 11.7 Å². The third-order valence-corrected chi connectivity index (χ3v) is 7.38. The molecule has 1 heterocycles. The van der Waals surface area contributed by atoms with Gasteiger partial charge in [-0.25, -0.2) is 0 Å². The van der Waals surface area contributed by atoms with Crippen LogP contribution in [0.4, 0.5) is 5.69 Å². The van der Waals surface area contributed by atoms with Crippen LogP contribution in [-0.2, 0) is 4.79 Å². The second-order valence-corrected chi connectivity index (χ2v) is 11.4.